The van der Waals surface area contributed by atoms with E-state index >= 15 is 0 Å². The largest absolute Gasteiger partial charge is 0.497 e. The van der Waals surface area contributed by atoms with Crippen molar-refractivity contribution in [2.75, 3.05) is 51.3 Å². The molecular formula is C16H25N3O. The Morgan fingerprint density at radius 2 is 1.90 bits per heavy atom. The first kappa shape index (κ1) is 13.7. The summed E-state index contributed by atoms with van der Waals surface area (Å²) in [6.45, 7) is 7.01. The van der Waals surface area contributed by atoms with Gasteiger partial charge in [0, 0.05) is 44.5 Å². The van der Waals surface area contributed by atoms with Gasteiger partial charge in [-0.1, -0.05) is 0 Å². The first-order chi connectivity index (χ1) is 9.85. The molecule has 1 aromatic carbocycles. The van der Waals surface area contributed by atoms with Crippen LogP contribution in [0.5, 0.6) is 5.75 Å². The Hall–Kier alpha value is -1.26. The fourth-order valence-electron chi connectivity index (χ4n) is 3.21. The van der Waals surface area contributed by atoms with Gasteiger partial charge in [-0.15, -0.1) is 0 Å². The van der Waals surface area contributed by atoms with Crippen molar-refractivity contribution in [3.63, 3.8) is 0 Å². The highest BCUT2D eigenvalue weighted by molar-refractivity contribution is 5.49. The third-order valence-corrected chi connectivity index (χ3v) is 4.45. The third-order valence-electron chi connectivity index (χ3n) is 4.45. The number of ether oxygens (including phenoxy) is 1. The van der Waals surface area contributed by atoms with Crippen molar-refractivity contribution in [2.45, 2.75) is 18.9 Å². The quantitative estimate of drug-likeness (QED) is 0.903. The first-order valence-corrected chi connectivity index (χ1v) is 7.70. The average molecular weight is 275 g/mol. The van der Waals surface area contributed by atoms with Crippen molar-refractivity contribution in [3.05, 3.63) is 24.3 Å². The molecular weight excluding hydrogens is 250 g/mol. The summed E-state index contributed by atoms with van der Waals surface area (Å²) in [5.41, 5.74) is 1.31. The minimum absolute atomic E-state index is 0.725. The molecule has 1 aromatic rings. The van der Waals surface area contributed by atoms with E-state index in [1.165, 1.54) is 44.7 Å². The number of hydrogen-bond acceptors (Lipinski definition) is 4. The lowest BCUT2D eigenvalue weighted by Crippen LogP contribution is -2.49. The van der Waals surface area contributed by atoms with Gasteiger partial charge in [-0.05, 0) is 43.7 Å². The molecule has 4 heteroatoms. The Bertz CT molecular complexity index is 406. The summed E-state index contributed by atoms with van der Waals surface area (Å²) >= 11 is 0. The van der Waals surface area contributed by atoms with Crippen LogP contribution in [0, 0.1) is 0 Å². The molecule has 0 aromatic heterocycles. The van der Waals surface area contributed by atoms with Gasteiger partial charge in [0.25, 0.3) is 0 Å². The van der Waals surface area contributed by atoms with Gasteiger partial charge in [0.1, 0.15) is 5.75 Å². The minimum atomic E-state index is 0.725. The van der Waals surface area contributed by atoms with Crippen LogP contribution in [0.2, 0.25) is 0 Å². The predicted octanol–water partition coefficient (Wildman–Crippen LogP) is 1.57. The van der Waals surface area contributed by atoms with Gasteiger partial charge in [0.2, 0.25) is 0 Å². The SMILES string of the molecule is COc1ccc(N2CCN(C[C@H]3CCCN3)CC2)cc1. The zero-order valence-electron chi connectivity index (χ0n) is 12.3. The van der Waals surface area contributed by atoms with E-state index in [1.54, 1.807) is 7.11 Å². The van der Waals surface area contributed by atoms with Gasteiger partial charge in [-0.25, -0.2) is 0 Å². The van der Waals surface area contributed by atoms with Crippen molar-refractivity contribution < 1.29 is 4.74 Å². The number of benzene rings is 1. The number of nitrogens with zero attached hydrogens (tertiary/aromatic N) is 2. The average Bonchev–Trinajstić information content (AvgIpc) is 3.01. The van der Waals surface area contributed by atoms with Crippen molar-refractivity contribution in [3.8, 4) is 5.75 Å². The van der Waals surface area contributed by atoms with Gasteiger partial charge in [-0.3, -0.25) is 4.90 Å². The van der Waals surface area contributed by atoms with Gasteiger partial charge in [0.15, 0.2) is 0 Å². The summed E-state index contributed by atoms with van der Waals surface area (Å²) in [5.74, 6) is 0.930. The van der Waals surface area contributed by atoms with E-state index in [1.807, 2.05) is 12.1 Å². The molecule has 0 saturated carbocycles. The van der Waals surface area contributed by atoms with E-state index in [2.05, 4.69) is 27.2 Å². The predicted molar refractivity (Wildman–Crippen MR) is 82.7 cm³/mol. The summed E-state index contributed by atoms with van der Waals surface area (Å²) in [5, 5.41) is 3.59. The molecule has 1 N–H and O–H groups in total. The molecule has 20 heavy (non-hydrogen) atoms. The maximum Gasteiger partial charge on any atom is 0.119 e. The second-order valence-corrected chi connectivity index (χ2v) is 5.78. The van der Waals surface area contributed by atoms with Crippen molar-refractivity contribution in [1.29, 1.82) is 0 Å². The number of methoxy groups -OCH3 is 1. The number of anilines is 1. The third kappa shape index (κ3) is 3.25. The van der Waals surface area contributed by atoms with Gasteiger partial charge < -0.3 is 15.0 Å². The Kier molecular flexibility index (Phi) is 4.43. The molecule has 2 saturated heterocycles. The van der Waals surface area contributed by atoms with Gasteiger partial charge in [-0.2, -0.15) is 0 Å². The maximum atomic E-state index is 5.21. The van der Waals surface area contributed by atoms with Crippen LogP contribution in [0.15, 0.2) is 24.3 Å². The molecule has 0 aliphatic carbocycles. The highest BCUT2D eigenvalue weighted by atomic mass is 16.5. The number of nitrogens with one attached hydrogen (secondary N) is 1. The van der Waals surface area contributed by atoms with Crippen molar-refractivity contribution >= 4 is 5.69 Å². The molecule has 0 spiro atoms. The van der Waals surface area contributed by atoms with E-state index in [4.69, 9.17) is 4.74 Å². The summed E-state index contributed by atoms with van der Waals surface area (Å²) in [7, 11) is 1.71. The van der Waals surface area contributed by atoms with Crippen LogP contribution in [-0.4, -0.2) is 57.3 Å². The van der Waals surface area contributed by atoms with Crippen LogP contribution in [0.4, 0.5) is 5.69 Å². The van der Waals surface area contributed by atoms with Crippen LogP contribution in [0.1, 0.15) is 12.8 Å². The van der Waals surface area contributed by atoms with Gasteiger partial charge in [0.05, 0.1) is 7.11 Å². The van der Waals surface area contributed by atoms with Crippen LogP contribution in [0.25, 0.3) is 0 Å². The molecule has 110 valence electrons. The standard InChI is InChI=1S/C16H25N3O/c1-20-16-6-4-15(5-7-16)19-11-9-18(10-12-19)13-14-3-2-8-17-14/h4-7,14,17H,2-3,8-13H2,1H3/t14-/m1/s1. The van der Waals surface area contributed by atoms with Crippen LogP contribution in [-0.2, 0) is 0 Å². The number of rotatable bonds is 4. The lowest BCUT2D eigenvalue weighted by Gasteiger charge is -2.37. The first-order valence-electron chi connectivity index (χ1n) is 7.70. The Balaban J connectivity index is 1.49. The van der Waals surface area contributed by atoms with Gasteiger partial charge >= 0.3 is 0 Å². The van der Waals surface area contributed by atoms with E-state index in [0.717, 1.165) is 24.9 Å². The number of hydrogen-bond donors (Lipinski definition) is 1. The Morgan fingerprint density at radius 1 is 1.15 bits per heavy atom. The number of piperazine rings is 1. The van der Waals surface area contributed by atoms with E-state index < -0.39 is 0 Å². The second-order valence-electron chi connectivity index (χ2n) is 5.78. The summed E-state index contributed by atoms with van der Waals surface area (Å²) in [4.78, 5) is 5.07. The molecule has 3 rings (SSSR count). The molecule has 2 fully saturated rings. The fraction of sp³-hybridized carbons (Fsp3) is 0.625. The highest BCUT2D eigenvalue weighted by Gasteiger charge is 2.21. The second kappa shape index (κ2) is 6.46. The zero-order chi connectivity index (χ0) is 13.8. The van der Waals surface area contributed by atoms with Crippen molar-refractivity contribution in [1.82, 2.24) is 10.2 Å². The van der Waals surface area contributed by atoms with E-state index in [9.17, 15) is 0 Å². The fourth-order valence-corrected chi connectivity index (χ4v) is 3.21. The minimum Gasteiger partial charge on any atom is -0.497 e. The lowest BCUT2D eigenvalue weighted by molar-refractivity contribution is 0.236. The van der Waals surface area contributed by atoms with E-state index in [0.29, 0.717) is 0 Å². The Morgan fingerprint density at radius 3 is 2.50 bits per heavy atom. The summed E-state index contributed by atoms with van der Waals surface area (Å²) < 4.78 is 5.21. The smallest absolute Gasteiger partial charge is 0.119 e. The topological polar surface area (TPSA) is 27.7 Å². The monoisotopic (exact) mass is 275 g/mol. The molecule has 4 nitrogen and oxygen atoms in total. The van der Waals surface area contributed by atoms with Crippen molar-refractivity contribution in [2.24, 2.45) is 0 Å². The lowest BCUT2D eigenvalue weighted by atomic mass is 10.2. The molecule has 0 bridgehead atoms. The maximum absolute atomic E-state index is 5.21. The Labute approximate surface area is 121 Å². The highest BCUT2D eigenvalue weighted by Crippen LogP contribution is 2.20. The normalized spacial score (nSPS) is 24.1. The van der Waals surface area contributed by atoms with Crippen LogP contribution >= 0.6 is 0 Å². The molecule has 2 aliphatic heterocycles. The summed E-state index contributed by atoms with van der Waals surface area (Å²) in [6.07, 6.45) is 2.69. The molecule has 0 unspecified atom stereocenters. The molecule has 2 aliphatic rings. The molecule has 0 amide bonds. The molecule has 1 atom stereocenters. The van der Waals surface area contributed by atoms with Crippen LogP contribution in [0.3, 0.4) is 0 Å². The van der Waals surface area contributed by atoms with Crippen LogP contribution < -0.4 is 15.0 Å². The van der Waals surface area contributed by atoms with E-state index in [-0.39, 0.29) is 0 Å². The zero-order valence-corrected chi connectivity index (χ0v) is 12.3. The summed E-state index contributed by atoms with van der Waals surface area (Å²) in [6, 6.07) is 9.14. The molecule has 0 radical (unpaired) electrons. The molecule has 2 heterocycles.